The van der Waals surface area contributed by atoms with Crippen LogP contribution in [-0.2, 0) is 20.8 Å². The first-order valence-corrected chi connectivity index (χ1v) is 6.71. The Balaban J connectivity index is 2.15. The van der Waals surface area contributed by atoms with E-state index in [-0.39, 0.29) is 18.9 Å². The van der Waals surface area contributed by atoms with Crippen LogP contribution >= 0.6 is 23.2 Å². The van der Waals surface area contributed by atoms with Gasteiger partial charge in [-0.05, 0) is 24.6 Å². The Morgan fingerprint density at radius 2 is 2.10 bits per heavy atom. The number of nitrogens with zero attached hydrogens (tertiary/aromatic N) is 1. The average Bonchev–Trinajstić information content (AvgIpc) is 2.37. The molecule has 1 N–H and O–H groups in total. The maximum Gasteiger partial charge on any atom is 0.249 e. The quantitative estimate of drug-likeness (QED) is 0.839. The molecule has 2 rings (SSSR count). The van der Waals surface area contributed by atoms with Gasteiger partial charge in [-0.3, -0.25) is 19.7 Å². The maximum absolute atomic E-state index is 12.2. The Kier molecular flexibility index (Phi) is 4.30. The Bertz CT molecular complexity index is 589. The van der Waals surface area contributed by atoms with Crippen LogP contribution in [0.3, 0.4) is 0 Å². The number of imide groups is 1. The molecule has 1 atom stereocenters. The number of halogens is 2. The Hall–Kier alpha value is -1.59. The number of nitrogens with one attached hydrogen (secondary N) is 1. The zero-order valence-corrected chi connectivity index (χ0v) is 12.2. The van der Waals surface area contributed by atoms with Crippen molar-refractivity contribution in [3.05, 3.63) is 33.8 Å². The summed E-state index contributed by atoms with van der Waals surface area (Å²) in [6.07, 6.45) is 0.0148. The lowest BCUT2D eigenvalue weighted by Crippen LogP contribution is -2.58. The van der Waals surface area contributed by atoms with Crippen molar-refractivity contribution in [3.8, 4) is 0 Å². The summed E-state index contributed by atoms with van der Waals surface area (Å²) in [6, 6.07) is 4.15. The molecule has 1 aromatic rings. The van der Waals surface area contributed by atoms with E-state index in [1.165, 1.54) is 4.90 Å². The zero-order chi connectivity index (χ0) is 14.9. The zero-order valence-electron chi connectivity index (χ0n) is 10.7. The first kappa shape index (κ1) is 14.8. The van der Waals surface area contributed by atoms with E-state index in [0.29, 0.717) is 15.6 Å². The highest BCUT2D eigenvalue weighted by molar-refractivity contribution is 6.35. The number of amides is 3. The molecule has 0 saturated carbocycles. The summed E-state index contributed by atoms with van der Waals surface area (Å²) in [7, 11) is 0. The van der Waals surface area contributed by atoms with Crippen LogP contribution in [-0.4, -0.2) is 35.2 Å². The molecule has 1 saturated heterocycles. The molecule has 0 aliphatic carbocycles. The van der Waals surface area contributed by atoms with Gasteiger partial charge in [0, 0.05) is 10.0 Å². The van der Waals surface area contributed by atoms with Crippen LogP contribution in [0.4, 0.5) is 0 Å². The summed E-state index contributed by atoms with van der Waals surface area (Å²) in [5.41, 5.74) is 0.603. The van der Waals surface area contributed by atoms with E-state index in [4.69, 9.17) is 23.2 Å². The third kappa shape index (κ3) is 3.11. The largest absolute Gasteiger partial charge is 0.321 e. The van der Waals surface area contributed by atoms with Gasteiger partial charge >= 0.3 is 0 Å². The van der Waals surface area contributed by atoms with Crippen LogP contribution in [0.5, 0.6) is 0 Å². The predicted molar refractivity (Wildman–Crippen MR) is 74.5 cm³/mol. The van der Waals surface area contributed by atoms with E-state index >= 15 is 0 Å². The molecule has 1 fully saturated rings. The van der Waals surface area contributed by atoms with Crippen molar-refractivity contribution in [2.75, 3.05) is 6.54 Å². The second kappa shape index (κ2) is 5.81. The number of benzene rings is 1. The average molecular weight is 315 g/mol. The van der Waals surface area contributed by atoms with E-state index in [1.807, 2.05) is 0 Å². The van der Waals surface area contributed by atoms with Gasteiger partial charge in [0.2, 0.25) is 17.7 Å². The topological polar surface area (TPSA) is 66.5 Å². The second-order valence-electron chi connectivity index (χ2n) is 4.52. The van der Waals surface area contributed by atoms with E-state index in [1.54, 1.807) is 25.1 Å². The fourth-order valence-electron chi connectivity index (χ4n) is 1.95. The van der Waals surface area contributed by atoms with Gasteiger partial charge in [0.05, 0.1) is 6.42 Å². The van der Waals surface area contributed by atoms with Crippen molar-refractivity contribution in [3.63, 3.8) is 0 Å². The van der Waals surface area contributed by atoms with Gasteiger partial charge in [0.1, 0.15) is 12.6 Å². The molecule has 0 spiro atoms. The molecule has 106 valence electrons. The third-order valence-corrected chi connectivity index (χ3v) is 3.69. The number of hydrogen-bond acceptors (Lipinski definition) is 3. The van der Waals surface area contributed by atoms with Gasteiger partial charge in [0.15, 0.2) is 0 Å². The van der Waals surface area contributed by atoms with Gasteiger partial charge in [-0.25, -0.2) is 0 Å². The van der Waals surface area contributed by atoms with E-state index in [0.717, 1.165) is 0 Å². The molecule has 1 aliphatic rings. The van der Waals surface area contributed by atoms with E-state index < -0.39 is 17.9 Å². The summed E-state index contributed by atoms with van der Waals surface area (Å²) in [6.45, 7) is 1.44. The van der Waals surface area contributed by atoms with Crippen LogP contribution in [0.1, 0.15) is 12.5 Å². The molecule has 1 heterocycles. The molecule has 5 nitrogen and oxygen atoms in total. The summed E-state index contributed by atoms with van der Waals surface area (Å²) in [5.74, 6) is -1.29. The number of carbonyl (C=O) groups excluding carboxylic acids is 3. The molecule has 3 amide bonds. The Morgan fingerprint density at radius 1 is 1.40 bits per heavy atom. The van der Waals surface area contributed by atoms with Crippen LogP contribution in [0.15, 0.2) is 18.2 Å². The SMILES string of the molecule is CC1C(=O)NC(=O)CN1C(=O)Cc1ccc(Cl)cc1Cl. The highest BCUT2D eigenvalue weighted by Gasteiger charge is 2.33. The Labute approximate surface area is 125 Å². The smallest absolute Gasteiger partial charge is 0.249 e. The normalized spacial score (nSPS) is 18.9. The Morgan fingerprint density at radius 3 is 2.75 bits per heavy atom. The lowest BCUT2D eigenvalue weighted by molar-refractivity contribution is -0.149. The van der Waals surface area contributed by atoms with Gasteiger partial charge in [-0.1, -0.05) is 29.3 Å². The van der Waals surface area contributed by atoms with Gasteiger partial charge in [0.25, 0.3) is 0 Å². The molecular formula is C13H12Cl2N2O3. The second-order valence-corrected chi connectivity index (χ2v) is 5.37. The molecule has 0 aromatic heterocycles. The van der Waals surface area contributed by atoms with Crippen LogP contribution < -0.4 is 5.32 Å². The van der Waals surface area contributed by atoms with Crippen molar-refractivity contribution in [2.24, 2.45) is 0 Å². The molecule has 1 aliphatic heterocycles. The number of carbonyl (C=O) groups is 3. The molecule has 1 aromatic carbocycles. The molecule has 0 bridgehead atoms. The predicted octanol–water partition coefficient (Wildman–Crippen LogP) is 1.41. The number of hydrogen-bond donors (Lipinski definition) is 1. The fourth-order valence-corrected chi connectivity index (χ4v) is 2.42. The van der Waals surface area contributed by atoms with Crippen molar-refractivity contribution >= 4 is 40.9 Å². The van der Waals surface area contributed by atoms with Crippen LogP contribution in [0, 0.1) is 0 Å². The van der Waals surface area contributed by atoms with E-state index in [2.05, 4.69) is 5.32 Å². The molecule has 1 unspecified atom stereocenters. The van der Waals surface area contributed by atoms with Crippen LogP contribution in [0.25, 0.3) is 0 Å². The minimum absolute atomic E-state index is 0.0148. The monoisotopic (exact) mass is 314 g/mol. The highest BCUT2D eigenvalue weighted by Crippen LogP contribution is 2.22. The molecule has 0 radical (unpaired) electrons. The first-order chi connectivity index (χ1) is 9.38. The summed E-state index contributed by atoms with van der Waals surface area (Å²) in [4.78, 5) is 36.3. The highest BCUT2D eigenvalue weighted by atomic mass is 35.5. The minimum atomic E-state index is -0.675. The lowest BCUT2D eigenvalue weighted by atomic mass is 10.1. The molecular weight excluding hydrogens is 303 g/mol. The van der Waals surface area contributed by atoms with Crippen molar-refractivity contribution < 1.29 is 14.4 Å². The van der Waals surface area contributed by atoms with Gasteiger partial charge in [-0.15, -0.1) is 0 Å². The standard InChI is InChI=1S/C13H12Cl2N2O3/c1-7-13(20)16-11(18)6-17(7)12(19)4-8-2-3-9(14)5-10(8)15/h2-3,5,7H,4,6H2,1H3,(H,16,18,20). The third-order valence-electron chi connectivity index (χ3n) is 3.10. The summed E-state index contributed by atoms with van der Waals surface area (Å²) in [5, 5.41) is 3.04. The number of piperazine rings is 1. The van der Waals surface area contributed by atoms with Crippen molar-refractivity contribution in [1.29, 1.82) is 0 Å². The lowest BCUT2D eigenvalue weighted by Gasteiger charge is -2.31. The molecule has 20 heavy (non-hydrogen) atoms. The number of rotatable bonds is 2. The van der Waals surface area contributed by atoms with Crippen molar-refractivity contribution in [2.45, 2.75) is 19.4 Å². The van der Waals surface area contributed by atoms with Gasteiger partial charge < -0.3 is 4.90 Å². The minimum Gasteiger partial charge on any atom is -0.321 e. The fraction of sp³-hybridized carbons (Fsp3) is 0.308. The maximum atomic E-state index is 12.2. The van der Waals surface area contributed by atoms with E-state index in [9.17, 15) is 14.4 Å². The van der Waals surface area contributed by atoms with Crippen molar-refractivity contribution in [1.82, 2.24) is 10.2 Å². The van der Waals surface area contributed by atoms with Crippen LogP contribution in [0.2, 0.25) is 10.0 Å². The molecule has 7 heteroatoms. The van der Waals surface area contributed by atoms with Gasteiger partial charge in [-0.2, -0.15) is 0 Å². The first-order valence-electron chi connectivity index (χ1n) is 5.95. The summed E-state index contributed by atoms with van der Waals surface area (Å²) >= 11 is 11.8. The summed E-state index contributed by atoms with van der Waals surface area (Å²) < 4.78 is 0.